The molecule has 11 heteroatoms. The first-order chi connectivity index (χ1) is 12.0. The minimum absolute atomic E-state index is 0.0705. The molecule has 26 heavy (non-hydrogen) atoms. The van der Waals surface area contributed by atoms with Gasteiger partial charge in [-0.25, -0.2) is 31.5 Å². The number of rotatable bonds is 9. The Morgan fingerprint density at radius 1 is 1.19 bits per heavy atom. The number of sulfonamides is 2. The number of hydrogen-bond donors (Lipinski definition) is 3. The van der Waals surface area contributed by atoms with E-state index in [1.165, 1.54) is 18.2 Å². The summed E-state index contributed by atoms with van der Waals surface area (Å²) in [6.07, 6.45) is -0.105. The monoisotopic (exact) mass is 407 g/mol. The van der Waals surface area contributed by atoms with Crippen LogP contribution in [0.1, 0.15) is 27.2 Å². The molecular formula is C15H25N3O6S2. The highest BCUT2D eigenvalue weighted by molar-refractivity contribution is 7.90. The highest BCUT2D eigenvalue weighted by atomic mass is 32.2. The summed E-state index contributed by atoms with van der Waals surface area (Å²) >= 11 is 0. The molecule has 9 nitrogen and oxygen atoms in total. The summed E-state index contributed by atoms with van der Waals surface area (Å²) in [6, 6.07) is 4.25. The molecule has 0 radical (unpaired) electrons. The van der Waals surface area contributed by atoms with E-state index in [1.807, 2.05) is 13.8 Å². The molecule has 0 fully saturated rings. The number of amides is 1. The summed E-state index contributed by atoms with van der Waals surface area (Å²) in [5.41, 5.74) is 0. The number of ether oxygens (including phenoxy) is 1. The van der Waals surface area contributed by atoms with E-state index in [9.17, 15) is 21.6 Å². The maximum Gasteiger partial charge on any atom is 0.407 e. The summed E-state index contributed by atoms with van der Waals surface area (Å²) in [4.78, 5) is 11.1. The number of benzene rings is 1. The van der Waals surface area contributed by atoms with Gasteiger partial charge in [0, 0.05) is 12.6 Å². The molecule has 0 aliphatic heterocycles. The molecule has 0 saturated heterocycles. The number of nitrogens with two attached hydrogens (primary N) is 1. The predicted molar refractivity (Wildman–Crippen MR) is 96.4 cm³/mol. The number of carbonyl (C=O) groups is 1. The average molecular weight is 408 g/mol. The van der Waals surface area contributed by atoms with Crippen LogP contribution in [0.25, 0.3) is 0 Å². The third-order valence-electron chi connectivity index (χ3n) is 3.32. The molecule has 1 unspecified atom stereocenters. The van der Waals surface area contributed by atoms with Crippen molar-refractivity contribution in [3.05, 3.63) is 24.3 Å². The van der Waals surface area contributed by atoms with E-state index in [-0.39, 0.29) is 28.9 Å². The van der Waals surface area contributed by atoms with Crippen molar-refractivity contribution in [3.63, 3.8) is 0 Å². The zero-order chi connectivity index (χ0) is 20.0. The van der Waals surface area contributed by atoms with Gasteiger partial charge in [-0.15, -0.1) is 0 Å². The van der Waals surface area contributed by atoms with Crippen LogP contribution >= 0.6 is 0 Å². The van der Waals surface area contributed by atoms with Crippen molar-refractivity contribution >= 4 is 26.1 Å². The van der Waals surface area contributed by atoms with Crippen molar-refractivity contribution in [3.8, 4) is 0 Å². The summed E-state index contributed by atoms with van der Waals surface area (Å²) in [6.45, 7) is 5.66. The molecule has 0 bridgehead atoms. The summed E-state index contributed by atoms with van der Waals surface area (Å²) in [7, 11) is -8.00. The quantitative estimate of drug-likeness (QED) is 0.551. The number of carbonyl (C=O) groups excluding carboxylic acids is 1. The largest absolute Gasteiger partial charge is 0.450 e. The number of nitrogens with one attached hydrogen (secondary N) is 2. The van der Waals surface area contributed by atoms with Gasteiger partial charge in [0.15, 0.2) is 0 Å². The van der Waals surface area contributed by atoms with Crippen molar-refractivity contribution in [2.45, 2.75) is 43.0 Å². The number of alkyl carbamates (subject to hydrolysis) is 1. The van der Waals surface area contributed by atoms with E-state index in [4.69, 9.17) is 9.88 Å². The van der Waals surface area contributed by atoms with Crippen molar-refractivity contribution in [1.29, 1.82) is 0 Å². The number of primary sulfonamides is 1. The van der Waals surface area contributed by atoms with Crippen molar-refractivity contribution in [1.82, 2.24) is 10.0 Å². The minimum Gasteiger partial charge on any atom is -0.450 e. The second-order valence-electron chi connectivity index (χ2n) is 6.06. The second kappa shape index (κ2) is 9.31. The first-order valence-electron chi connectivity index (χ1n) is 8.01. The third-order valence-corrected chi connectivity index (χ3v) is 5.65. The molecule has 0 aromatic heterocycles. The Bertz CT molecular complexity index is 822. The van der Waals surface area contributed by atoms with Crippen molar-refractivity contribution in [2.75, 3.05) is 13.2 Å². The molecule has 1 rings (SSSR count). The lowest BCUT2D eigenvalue weighted by atomic mass is 10.0. The van der Waals surface area contributed by atoms with Crippen LogP contribution in [0.5, 0.6) is 0 Å². The van der Waals surface area contributed by atoms with Crippen LogP contribution in [0.2, 0.25) is 0 Å². The Hall–Kier alpha value is -1.69. The SMILES string of the molecule is CCOC(=O)NC(CNS(=O)(=O)c1cccc(S(N)(=O)=O)c1)CC(C)C. The standard InChI is InChI=1S/C15H25N3O6S2/c1-4-24-15(19)18-12(8-11(2)3)10-17-26(22,23)14-7-5-6-13(9-14)25(16,20)21/h5-7,9,11-12,17H,4,8,10H2,1-3H3,(H,18,19)(H2,16,20,21). The van der Waals surface area contributed by atoms with Crippen LogP contribution < -0.4 is 15.2 Å². The Morgan fingerprint density at radius 3 is 2.35 bits per heavy atom. The van der Waals surface area contributed by atoms with Gasteiger partial charge in [0.1, 0.15) is 0 Å². The molecule has 0 heterocycles. The van der Waals surface area contributed by atoms with E-state index in [0.717, 1.165) is 6.07 Å². The van der Waals surface area contributed by atoms with Crippen molar-refractivity contribution in [2.24, 2.45) is 11.1 Å². The molecular weight excluding hydrogens is 382 g/mol. The van der Waals surface area contributed by atoms with Gasteiger partial charge in [-0.05, 0) is 37.5 Å². The molecule has 0 saturated carbocycles. The van der Waals surface area contributed by atoms with Gasteiger partial charge in [0.2, 0.25) is 20.0 Å². The van der Waals surface area contributed by atoms with Gasteiger partial charge in [-0.2, -0.15) is 0 Å². The van der Waals surface area contributed by atoms with Crippen LogP contribution in [-0.4, -0.2) is 42.1 Å². The molecule has 1 aromatic carbocycles. The highest BCUT2D eigenvalue weighted by Gasteiger charge is 2.21. The molecule has 148 valence electrons. The topological polar surface area (TPSA) is 145 Å². The highest BCUT2D eigenvalue weighted by Crippen LogP contribution is 2.15. The van der Waals surface area contributed by atoms with Crippen LogP contribution in [0.4, 0.5) is 4.79 Å². The van der Waals surface area contributed by atoms with Crippen LogP contribution in [0.15, 0.2) is 34.1 Å². The third kappa shape index (κ3) is 7.28. The first kappa shape index (κ1) is 22.4. The molecule has 1 amide bonds. The maximum absolute atomic E-state index is 12.4. The van der Waals surface area contributed by atoms with Gasteiger partial charge in [-0.1, -0.05) is 19.9 Å². The average Bonchev–Trinajstić information content (AvgIpc) is 2.52. The van der Waals surface area contributed by atoms with Gasteiger partial charge in [-0.3, -0.25) is 0 Å². The fraction of sp³-hybridized carbons (Fsp3) is 0.533. The van der Waals surface area contributed by atoms with Gasteiger partial charge >= 0.3 is 6.09 Å². The Morgan fingerprint density at radius 2 is 1.81 bits per heavy atom. The fourth-order valence-electron chi connectivity index (χ4n) is 2.21. The Balaban J connectivity index is 2.91. The fourth-order valence-corrected chi connectivity index (χ4v) is 3.97. The molecule has 0 aliphatic rings. The molecule has 0 aliphatic carbocycles. The van der Waals surface area contributed by atoms with E-state index < -0.39 is 32.2 Å². The predicted octanol–water partition coefficient (Wildman–Crippen LogP) is 0.773. The lowest BCUT2D eigenvalue weighted by Gasteiger charge is -2.20. The maximum atomic E-state index is 12.4. The zero-order valence-corrected chi connectivity index (χ0v) is 16.6. The first-order valence-corrected chi connectivity index (χ1v) is 11.0. The summed E-state index contributed by atoms with van der Waals surface area (Å²) in [5, 5.41) is 7.63. The lowest BCUT2D eigenvalue weighted by molar-refractivity contribution is 0.146. The normalized spacial score (nSPS) is 13.4. The Kier molecular flexibility index (Phi) is 8.00. The van der Waals surface area contributed by atoms with E-state index in [2.05, 4.69) is 10.0 Å². The van der Waals surface area contributed by atoms with Gasteiger partial charge in [0.05, 0.1) is 16.4 Å². The van der Waals surface area contributed by atoms with Gasteiger partial charge < -0.3 is 10.1 Å². The zero-order valence-electron chi connectivity index (χ0n) is 14.9. The number of hydrogen-bond acceptors (Lipinski definition) is 6. The molecule has 0 spiro atoms. The molecule has 1 aromatic rings. The van der Waals surface area contributed by atoms with Crippen molar-refractivity contribution < 1.29 is 26.4 Å². The summed E-state index contributed by atoms with van der Waals surface area (Å²) < 4.78 is 54.8. The minimum atomic E-state index is -4.02. The lowest BCUT2D eigenvalue weighted by Crippen LogP contribution is -2.44. The van der Waals surface area contributed by atoms with Crippen LogP contribution in [0.3, 0.4) is 0 Å². The molecule has 1 atom stereocenters. The Labute approximate surface area is 154 Å². The van der Waals surface area contributed by atoms with Crippen LogP contribution in [0, 0.1) is 5.92 Å². The van der Waals surface area contributed by atoms with Crippen LogP contribution in [-0.2, 0) is 24.8 Å². The van der Waals surface area contributed by atoms with E-state index in [0.29, 0.717) is 6.42 Å². The van der Waals surface area contributed by atoms with E-state index in [1.54, 1.807) is 6.92 Å². The van der Waals surface area contributed by atoms with Gasteiger partial charge in [0.25, 0.3) is 0 Å². The smallest absolute Gasteiger partial charge is 0.407 e. The second-order valence-corrected chi connectivity index (χ2v) is 9.39. The van der Waals surface area contributed by atoms with E-state index >= 15 is 0 Å². The summed E-state index contributed by atoms with van der Waals surface area (Å²) in [5.74, 6) is 0.206. The molecule has 4 N–H and O–H groups in total.